The quantitative estimate of drug-likeness (QED) is 0.0628. The Kier molecular flexibility index (Phi) is 20.4. The molecule has 0 unspecified atom stereocenters. The van der Waals surface area contributed by atoms with Crippen LogP contribution < -0.4 is 10.1 Å². The third kappa shape index (κ3) is 12.1. The number of aliphatic hydroxyl groups is 1. The molecule has 4 bridgehead atoms. The Morgan fingerprint density at radius 1 is 0.779 bits per heavy atom. The van der Waals surface area contributed by atoms with Crippen LogP contribution in [-0.4, -0.2) is 118 Å². The number of fused-ring (bicyclic) bond motifs is 3. The Bertz CT molecular complexity index is 2980. The predicted molar refractivity (Wildman–Crippen MR) is 331 cm³/mol. The number of benzene rings is 3. The molecule has 16 nitrogen and oxygen atoms in total. The van der Waals surface area contributed by atoms with Crippen LogP contribution in [0, 0.1) is 16.7 Å². The maximum Gasteiger partial charge on any atom is 0.338 e. The topological polar surface area (TPSA) is 209 Å². The fourth-order valence-corrected chi connectivity index (χ4v) is 23.8. The van der Waals surface area contributed by atoms with Crippen LogP contribution in [-0.2, 0) is 51.7 Å². The van der Waals surface area contributed by atoms with Crippen molar-refractivity contribution in [2.75, 3.05) is 13.2 Å². The van der Waals surface area contributed by atoms with Crippen LogP contribution >= 0.6 is 0 Å². The predicted octanol–water partition coefficient (Wildman–Crippen LogP) is 12.5. The van der Waals surface area contributed by atoms with Gasteiger partial charge in [0, 0.05) is 42.7 Å². The second-order valence-electron chi connectivity index (χ2n) is 26.1. The lowest BCUT2D eigenvalue weighted by molar-refractivity contribution is -0.345. The Morgan fingerprint density at radius 3 is 1.97 bits per heavy atom. The molecule has 2 N–H and O–H groups in total. The van der Waals surface area contributed by atoms with Gasteiger partial charge in [0.05, 0.1) is 35.6 Å². The number of hydrogen-bond donors (Lipinski definition) is 2. The van der Waals surface area contributed by atoms with Gasteiger partial charge in [-0.05, 0) is 109 Å². The summed E-state index contributed by atoms with van der Waals surface area (Å²) in [6.45, 7) is 26.7. The van der Waals surface area contributed by atoms with Crippen LogP contribution in [0.5, 0.6) is 5.75 Å². The molecule has 5 aliphatic rings. The van der Waals surface area contributed by atoms with Gasteiger partial charge in [-0.1, -0.05) is 143 Å². The molecule has 2 aliphatic heterocycles. The number of Topliss-reactive ketones (excluding diaryl/α,β-unsaturated/α-hetero) is 1. The van der Waals surface area contributed by atoms with Gasteiger partial charge in [-0.3, -0.25) is 19.2 Å². The maximum atomic E-state index is 17.0. The number of hydrogen-bond acceptors (Lipinski definition) is 15. The van der Waals surface area contributed by atoms with E-state index in [9.17, 15) is 19.5 Å². The summed E-state index contributed by atoms with van der Waals surface area (Å²) in [5.41, 5.74) is -6.51. The zero-order valence-electron chi connectivity index (χ0n) is 53.0. The first-order chi connectivity index (χ1) is 40.7. The average Bonchev–Trinajstić information content (AvgIpc) is 0.670. The van der Waals surface area contributed by atoms with Crippen molar-refractivity contribution in [3.05, 3.63) is 125 Å². The molecular weight excluding hydrogens is 1130 g/mol. The molecule has 3 aliphatic carbocycles. The molecule has 18 heteroatoms. The highest BCUT2D eigenvalue weighted by Crippen LogP contribution is 2.65. The zero-order valence-corrected chi connectivity index (χ0v) is 55.0. The van der Waals surface area contributed by atoms with E-state index in [1.54, 1.807) is 113 Å². The normalized spacial score (nSPS) is 30.2. The molecule has 1 saturated heterocycles. The molecule has 11 atom stereocenters. The lowest BCUT2D eigenvalue weighted by Gasteiger charge is -2.68. The standard InChI is InChI=1S/C68H93NO15Si2/c1-15-85(16-2,17-3)83-52-39-53-67(41-78-53)59-61(81-63(74)48-33-25-22-26-34-48)68(76)40-51(45(10)55(65(68,12)13)57(79-46(11)70)60(72)66(52,59)14)80-64(75)58(84-86(42(4)5,43(6)7)44(8)9)56(69-62(73)47-31-23-21-24-32-47)49-35-28-29-36-50(49)77-38-30-20-18-19-27-37-54(71)82-67/h20-26,28-36,42-44,51-53,56-59,61,76H,15-19,27,37-41H2,1-14H3,(H,69,73)/b30-20+/t51-,52-,53+,56-,57+,58+,59-,61-,66+,67-,68+/m0/s1. The minimum atomic E-state index is -3.17. The SMILES string of the molecule is CC[Si](CC)(CC)O[C@H]1C[C@H]2OC[C@]23OC(=O)CCCC/C=C/COc2ccccc2[C@H](NC(=O)c2ccccc2)[C@@H](O[Si](C(C)C)(C(C)C)C(C)C)C(=O)O[C@H]2C[C@@]4(O)[C@@H](OC(=O)c5ccccc5)[C@H]3[C@]1(C)C(=O)[C@H](OC(C)=O)C(=C2C)C4(C)C. The molecule has 8 rings (SSSR count). The van der Waals surface area contributed by atoms with Gasteiger partial charge in [0.25, 0.3) is 5.91 Å². The van der Waals surface area contributed by atoms with E-state index < -0.39 is 129 Å². The van der Waals surface area contributed by atoms with Gasteiger partial charge in [-0.25, -0.2) is 9.59 Å². The molecule has 2 heterocycles. The summed E-state index contributed by atoms with van der Waals surface area (Å²) < 4.78 is 55.4. The second-order valence-corrected chi connectivity index (χ2v) is 36.3. The summed E-state index contributed by atoms with van der Waals surface area (Å²) in [6.07, 6.45) is -3.38. The maximum absolute atomic E-state index is 17.0. The molecule has 2 saturated carbocycles. The monoisotopic (exact) mass is 1220 g/mol. The van der Waals surface area contributed by atoms with Crippen molar-refractivity contribution < 1.29 is 71.1 Å². The van der Waals surface area contributed by atoms with Crippen molar-refractivity contribution in [1.29, 1.82) is 0 Å². The van der Waals surface area contributed by atoms with Crippen molar-refractivity contribution in [3.8, 4) is 5.75 Å². The number of para-hydroxylation sites is 1. The number of ether oxygens (including phenoxy) is 6. The number of allylic oxidation sites excluding steroid dienone is 1. The molecular formula is C68H93NO15Si2. The highest BCUT2D eigenvalue weighted by atomic mass is 28.4. The Balaban J connectivity index is 1.45. The fourth-order valence-electron chi connectivity index (χ4n) is 15.4. The first-order valence-electron chi connectivity index (χ1n) is 31.3. The Labute approximate surface area is 511 Å². The molecule has 86 heavy (non-hydrogen) atoms. The smallest absolute Gasteiger partial charge is 0.338 e. The van der Waals surface area contributed by atoms with Gasteiger partial charge < -0.3 is 47.7 Å². The van der Waals surface area contributed by atoms with Gasteiger partial charge in [0.15, 0.2) is 31.9 Å². The summed E-state index contributed by atoms with van der Waals surface area (Å²) >= 11 is 0. The minimum Gasteiger partial charge on any atom is -0.489 e. The number of amides is 1. The Morgan fingerprint density at radius 2 is 1.38 bits per heavy atom. The highest BCUT2D eigenvalue weighted by molar-refractivity contribution is 6.77. The lowest BCUT2D eigenvalue weighted by Crippen LogP contribution is -2.82. The average molecular weight is 1220 g/mol. The number of nitrogens with one attached hydrogen (secondary N) is 1. The van der Waals surface area contributed by atoms with Crippen LogP contribution in [0.4, 0.5) is 0 Å². The van der Waals surface area contributed by atoms with Gasteiger partial charge >= 0.3 is 23.9 Å². The van der Waals surface area contributed by atoms with E-state index >= 15 is 14.4 Å². The van der Waals surface area contributed by atoms with E-state index in [4.69, 9.17) is 37.3 Å². The molecule has 3 fully saturated rings. The number of carbonyl (C=O) groups is 6. The molecule has 3 aromatic rings. The summed E-state index contributed by atoms with van der Waals surface area (Å²) in [6, 6.07) is 24.9. The number of ketones is 1. The molecule has 0 radical (unpaired) electrons. The van der Waals surface area contributed by atoms with Gasteiger partial charge in [-0.15, -0.1) is 0 Å². The van der Waals surface area contributed by atoms with Gasteiger partial charge in [0.2, 0.25) is 8.32 Å². The number of carbonyl (C=O) groups excluding carboxylic acids is 6. The highest BCUT2D eigenvalue weighted by Gasteiger charge is 2.79. The van der Waals surface area contributed by atoms with E-state index in [1.165, 1.54) is 6.92 Å². The van der Waals surface area contributed by atoms with E-state index in [0.717, 1.165) is 0 Å². The minimum absolute atomic E-state index is 0.0146. The summed E-state index contributed by atoms with van der Waals surface area (Å²) in [5.74, 6) is -5.33. The van der Waals surface area contributed by atoms with E-state index in [0.29, 0.717) is 59.8 Å². The fraction of sp³-hybridized carbons (Fsp3) is 0.588. The molecule has 0 aromatic heterocycles. The summed E-state index contributed by atoms with van der Waals surface area (Å²) in [5, 5.41) is 18.0. The first-order valence-corrected chi connectivity index (χ1v) is 35.9. The first kappa shape index (κ1) is 66.2. The zero-order chi connectivity index (χ0) is 62.7. The van der Waals surface area contributed by atoms with Crippen LogP contribution in [0.3, 0.4) is 0 Å². The van der Waals surface area contributed by atoms with Crippen LogP contribution in [0.1, 0.15) is 168 Å². The number of esters is 4. The molecule has 1 amide bonds. The lowest BCUT2D eigenvalue weighted by atomic mass is 9.44. The van der Waals surface area contributed by atoms with Crippen molar-refractivity contribution in [2.45, 2.75) is 224 Å². The van der Waals surface area contributed by atoms with Crippen LogP contribution in [0.25, 0.3) is 0 Å². The van der Waals surface area contributed by atoms with Crippen LogP contribution in [0.15, 0.2) is 108 Å². The summed E-state index contributed by atoms with van der Waals surface area (Å²) in [7, 11) is -5.87. The molecule has 3 aromatic carbocycles. The van der Waals surface area contributed by atoms with Crippen LogP contribution in [0.2, 0.25) is 34.8 Å². The van der Waals surface area contributed by atoms with Gasteiger partial charge in [-0.2, -0.15) is 0 Å². The van der Waals surface area contributed by atoms with Crippen molar-refractivity contribution in [3.63, 3.8) is 0 Å². The second kappa shape index (κ2) is 26.5. The van der Waals surface area contributed by atoms with Crippen molar-refractivity contribution in [1.82, 2.24) is 5.32 Å². The molecule has 468 valence electrons. The van der Waals surface area contributed by atoms with Gasteiger partial charge in [0.1, 0.15) is 36.3 Å². The third-order valence-electron chi connectivity index (χ3n) is 20.4. The van der Waals surface area contributed by atoms with Crippen molar-refractivity contribution >= 4 is 52.2 Å². The molecule has 1 spiro atoms. The third-order valence-corrected chi connectivity index (χ3v) is 31.1. The number of rotatable bonds is 15. The Hall–Kier alpha value is -5.77. The van der Waals surface area contributed by atoms with E-state index in [-0.39, 0.29) is 53.8 Å². The van der Waals surface area contributed by atoms with E-state index in [1.807, 2.05) is 12.2 Å². The summed E-state index contributed by atoms with van der Waals surface area (Å²) in [4.78, 5) is 92.1. The van der Waals surface area contributed by atoms with Crippen molar-refractivity contribution in [2.24, 2.45) is 16.7 Å². The van der Waals surface area contributed by atoms with E-state index in [2.05, 4.69) is 67.6 Å². The largest absolute Gasteiger partial charge is 0.489 e.